The standard InChI is InChI=1S/C26H37NO47/c1-20(12-13-24-22(3)11-8-14-26(24,5)6)9-7-10-21(2)19-25(29)27-15-16-31-33-35-37-39-41-43-45-47-49-51-53-55-57-59-61-63-65-67-69-71-73-74-72-70-68-66-64-62-60-58-56-54-52-50-48-46-44-42-40-38-36-34-32-18-17-30-23(4)28/h7,9-10,12-13,15-16,19H,8,11,14,17-18H2,1-6H3,(H,27,29). The van der Waals surface area contributed by atoms with Gasteiger partial charge in [-0.2, -0.15) is 0 Å². The van der Waals surface area contributed by atoms with E-state index >= 15 is 0 Å². The third-order valence-electron chi connectivity index (χ3n) is 6.18. The molecule has 0 aliphatic heterocycles. The minimum absolute atomic E-state index is 0.145. The summed E-state index contributed by atoms with van der Waals surface area (Å²) in [6.07, 6.45) is 16.6. The van der Waals surface area contributed by atoms with Gasteiger partial charge in [0.1, 0.15) is 19.5 Å². The van der Waals surface area contributed by atoms with Crippen LogP contribution in [0.2, 0.25) is 0 Å². The highest BCUT2D eigenvalue weighted by atomic mass is 18.0. The minimum atomic E-state index is -0.551. The van der Waals surface area contributed by atoms with Crippen molar-refractivity contribution in [2.45, 2.75) is 60.8 Å². The maximum atomic E-state index is 12.0. The van der Waals surface area contributed by atoms with E-state index < -0.39 is 11.9 Å². The van der Waals surface area contributed by atoms with Crippen LogP contribution in [-0.2, 0) is 236 Å². The van der Waals surface area contributed by atoms with Crippen LogP contribution < -0.4 is 5.32 Å². The van der Waals surface area contributed by atoms with E-state index in [1.54, 1.807) is 13.0 Å². The molecule has 428 valence electrons. The normalized spacial score (nSPS) is 14.4. The Morgan fingerprint density at radius 3 is 1.22 bits per heavy atom. The molecule has 0 bridgehead atoms. The molecule has 0 radical (unpaired) electrons. The highest BCUT2D eigenvalue weighted by Crippen LogP contribution is 2.40. The lowest BCUT2D eigenvalue weighted by Crippen LogP contribution is -2.19. The largest absolute Gasteiger partial charge is 0.463 e. The Hall–Kier alpha value is -4.54. The maximum Gasteiger partial charge on any atom is 0.302 e. The van der Waals surface area contributed by atoms with Crippen molar-refractivity contribution in [1.29, 1.82) is 0 Å². The van der Waals surface area contributed by atoms with E-state index in [0.29, 0.717) is 5.57 Å². The first-order valence-corrected chi connectivity index (χ1v) is 17.9. The smallest absolute Gasteiger partial charge is 0.302 e. The van der Waals surface area contributed by atoms with Crippen LogP contribution in [0.5, 0.6) is 0 Å². The Kier molecular flexibility index (Phi) is 46.1. The van der Waals surface area contributed by atoms with Crippen LogP contribution in [0.1, 0.15) is 60.8 Å². The van der Waals surface area contributed by atoms with Gasteiger partial charge < -0.3 is 14.9 Å². The maximum absolute atomic E-state index is 12.0. The monoisotopic (exact) mass is 1120 g/mol. The number of amides is 1. The number of hydrogen-bond donors (Lipinski definition) is 1. The first-order valence-electron chi connectivity index (χ1n) is 17.9. The molecule has 0 spiro atoms. The molecule has 0 fully saturated rings. The molecular formula is C26H37NO47. The summed E-state index contributed by atoms with van der Waals surface area (Å²) in [7, 11) is 0. The molecule has 0 atom stereocenters. The van der Waals surface area contributed by atoms with Crippen LogP contribution >= 0.6 is 0 Å². The number of ether oxygens (including phenoxy) is 1. The van der Waals surface area contributed by atoms with Crippen molar-refractivity contribution in [2.75, 3.05) is 13.2 Å². The lowest BCUT2D eigenvalue weighted by molar-refractivity contribution is -0.909. The second-order valence-corrected chi connectivity index (χ2v) is 11.4. The molecule has 48 heteroatoms. The lowest BCUT2D eigenvalue weighted by Gasteiger charge is -2.32. The molecule has 0 saturated carbocycles. The highest BCUT2D eigenvalue weighted by molar-refractivity contribution is 5.89. The van der Waals surface area contributed by atoms with Crippen molar-refractivity contribution in [2.24, 2.45) is 5.41 Å². The molecule has 0 saturated heterocycles. The van der Waals surface area contributed by atoms with Crippen LogP contribution in [0.25, 0.3) is 0 Å². The number of rotatable bonds is 53. The highest BCUT2D eigenvalue weighted by Gasteiger charge is 2.26. The van der Waals surface area contributed by atoms with Gasteiger partial charge in [0.2, 0.25) is 5.91 Å². The van der Waals surface area contributed by atoms with Crippen molar-refractivity contribution < 1.29 is 236 Å². The Balaban J connectivity index is 1.73. The first kappa shape index (κ1) is 67.5. The summed E-state index contributed by atoms with van der Waals surface area (Å²) in [5, 5.41) is 154. The lowest BCUT2D eigenvalue weighted by atomic mass is 9.72. The topological polar surface area (TPSA) is 462 Å². The van der Waals surface area contributed by atoms with E-state index in [9.17, 15) is 9.59 Å². The molecule has 0 heterocycles. The van der Waals surface area contributed by atoms with Crippen molar-refractivity contribution in [3.8, 4) is 0 Å². The second-order valence-electron chi connectivity index (χ2n) is 11.4. The summed E-state index contributed by atoms with van der Waals surface area (Å²) in [5.41, 5.74) is 4.69. The van der Waals surface area contributed by atoms with Gasteiger partial charge in [0.25, 0.3) is 0 Å². The van der Waals surface area contributed by atoms with Crippen LogP contribution in [0.15, 0.2) is 71.2 Å². The fraction of sp³-hybridized carbons (Fsp3) is 0.462. The van der Waals surface area contributed by atoms with Crippen LogP contribution in [0.3, 0.4) is 0 Å². The average molecular weight is 1120 g/mol. The Morgan fingerprint density at radius 1 is 0.486 bits per heavy atom. The molecule has 48 nitrogen and oxygen atoms in total. The number of nitrogens with one attached hydrogen (secondary N) is 1. The molecule has 74 heavy (non-hydrogen) atoms. The number of allylic oxidation sites excluding steroid dienone is 9. The summed E-state index contributed by atoms with van der Waals surface area (Å²) in [6, 6.07) is 0. The molecule has 1 aliphatic carbocycles. The van der Waals surface area contributed by atoms with Crippen molar-refractivity contribution in [1.82, 2.24) is 5.32 Å². The minimum Gasteiger partial charge on any atom is -0.463 e. The molecule has 1 rings (SSSR count). The van der Waals surface area contributed by atoms with Gasteiger partial charge in [-0.25, -0.2) is 4.89 Å². The number of hydrogen-bond acceptors (Lipinski definition) is 47. The van der Waals surface area contributed by atoms with Crippen LogP contribution in [-0.4, -0.2) is 25.1 Å². The van der Waals surface area contributed by atoms with Gasteiger partial charge in [0.05, 0.1) is 0 Å². The summed E-state index contributed by atoms with van der Waals surface area (Å²) < 4.78 is 4.47. The Labute approximate surface area is 404 Å². The van der Waals surface area contributed by atoms with Gasteiger partial charge in [0, 0.05) is 191 Å². The predicted octanol–water partition coefficient (Wildman–Crippen LogP) is 2.74. The third kappa shape index (κ3) is 46.0. The van der Waals surface area contributed by atoms with Crippen molar-refractivity contribution in [3.05, 3.63) is 71.2 Å². The third-order valence-corrected chi connectivity index (χ3v) is 6.18. The molecule has 1 amide bonds. The second kappa shape index (κ2) is 50.6. The Morgan fingerprint density at radius 2 is 0.851 bits per heavy atom. The average Bonchev–Trinajstić information content (AvgIpc) is 3.36. The molecule has 0 aromatic heterocycles. The molecule has 0 aromatic carbocycles. The Bertz CT molecular complexity index is 1540. The van der Waals surface area contributed by atoms with E-state index in [-0.39, 0.29) is 18.6 Å². The van der Waals surface area contributed by atoms with E-state index in [0.717, 1.165) is 30.9 Å². The summed E-state index contributed by atoms with van der Waals surface area (Å²) in [5.74, 6) is -1.02. The first-order chi connectivity index (χ1) is 36.1. The molecule has 0 unspecified atom stereocenters. The number of esters is 1. The number of carbonyl (C=O) groups excluding carboxylic acids is 2. The fourth-order valence-corrected chi connectivity index (χ4v) is 3.84. The molecular weight excluding hydrogens is 1080 g/mol. The van der Waals surface area contributed by atoms with Gasteiger partial charge in [-0.15, -0.1) is 0 Å². The van der Waals surface area contributed by atoms with Crippen LogP contribution in [0.4, 0.5) is 0 Å². The van der Waals surface area contributed by atoms with Gasteiger partial charge in [0.15, 0.2) is 0 Å². The van der Waals surface area contributed by atoms with Crippen molar-refractivity contribution in [3.63, 3.8) is 0 Å². The van der Waals surface area contributed by atoms with Crippen molar-refractivity contribution >= 4 is 11.9 Å². The zero-order chi connectivity index (χ0) is 53.7. The van der Waals surface area contributed by atoms with E-state index in [2.05, 4.69) is 264 Å². The zero-order valence-electron chi connectivity index (χ0n) is 37.3. The predicted molar refractivity (Wildman–Crippen MR) is 173 cm³/mol. The van der Waals surface area contributed by atoms with Crippen LogP contribution in [0, 0.1) is 5.41 Å². The summed E-state index contributed by atoms with van der Waals surface area (Å²) in [4.78, 5) is 31.1. The fourth-order valence-electron chi connectivity index (χ4n) is 3.84. The molecule has 1 aliphatic rings. The van der Waals surface area contributed by atoms with E-state index in [1.165, 1.54) is 30.6 Å². The SMILES string of the molecule is CC(=O)OCCOOOOOOOOOOOOOOOOOOOOOOOOOOOOOOOOOOOOOOOOOOOOC=CNC(=O)C=C(C)C=CC=C(C)C=CC1=C(C)CCCC1(C)C. The summed E-state index contributed by atoms with van der Waals surface area (Å²) in [6.45, 7) is 11.3. The number of carbonyl (C=O) groups is 2. The zero-order valence-corrected chi connectivity index (χ0v) is 37.3. The molecule has 1 N–H and O–H groups in total. The van der Waals surface area contributed by atoms with E-state index in [1.807, 2.05) is 19.1 Å². The van der Waals surface area contributed by atoms with Gasteiger partial charge in [-0.05, 0) is 96.9 Å². The van der Waals surface area contributed by atoms with Gasteiger partial charge in [-0.3, -0.25) is 9.59 Å². The quantitative estimate of drug-likeness (QED) is 0.0174. The van der Waals surface area contributed by atoms with Gasteiger partial charge in [-0.1, -0.05) is 55.4 Å². The van der Waals surface area contributed by atoms with Gasteiger partial charge >= 0.3 is 5.97 Å². The summed E-state index contributed by atoms with van der Waals surface area (Å²) >= 11 is 0. The molecule has 0 aromatic rings. The van der Waals surface area contributed by atoms with E-state index in [4.69, 9.17) is 0 Å².